The Balaban J connectivity index is 2.55. The average molecular weight is 268 g/mol. The Morgan fingerprint density at radius 1 is 1.26 bits per heavy atom. The minimum absolute atomic E-state index is 0.0188. The number of nitrogens with two attached hydrogens (primary N) is 1. The zero-order valence-corrected chi connectivity index (χ0v) is 12.2. The molecule has 0 spiro atoms. The number of halogens is 1. The van der Waals surface area contributed by atoms with E-state index in [0.717, 1.165) is 25.2 Å². The Labute approximate surface area is 115 Å². The summed E-state index contributed by atoms with van der Waals surface area (Å²) in [4.78, 5) is 2.27. The molecule has 1 aromatic rings. The van der Waals surface area contributed by atoms with Gasteiger partial charge in [-0.05, 0) is 44.1 Å². The van der Waals surface area contributed by atoms with Gasteiger partial charge in [-0.15, -0.1) is 0 Å². The molecule has 0 aliphatic heterocycles. The van der Waals surface area contributed by atoms with E-state index in [-0.39, 0.29) is 11.9 Å². The monoisotopic (exact) mass is 268 g/mol. The summed E-state index contributed by atoms with van der Waals surface area (Å²) in [5.41, 5.74) is 6.61. The molecular weight excluding hydrogens is 243 g/mol. The molecule has 2 N–H and O–H groups in total. The van der Waals surface area contributed by atoms with Gasteiger partial charge in [-0.3, -0.25) is 0 Å². The second-order valence-electron chi connectivity index (χ2n) is 4.85. The maximum atomic E-state index is 13.5. The molecule has 0 aromatic heterocycles. The van der Waals surface area contributed by atoms with E-state index in [2.05, 4.69) is 18.7 Å². The number of nitrogens with zero attached hydrogens (tertiary/aromatic N) is 1. The highest BCUT2D eigenvalue weighted by Gasteiger charge is 2.05. The van der Waals surface area contributed by atoms with Crippen molar-refractivity contribution in [3.05, 3.63) is 29.6 Å². The summed E-state index contributed by atoms with van der Waals surface area (Å²) in [5, 5.41) is 0. The average Bonchev–Trinajstić information content (AvgIpc) is 2.33. The molecule has 1 atom stereocenters. The van der Waals surface area contributed by atoms with Crippen molar-refractivity contribution in [2.75, 3.05) is 26.2 Å². The SMILES string of the molecule is CCN(CC)CCOc1cc(F)cc(CC(C)N)c1. The van der Waals surface area contributed by atoms with E-state index in [9.17, 15) is 4.39 Å². The summed E-state index contributed by atoms with van der Waals surface area (Å²) >= 11 is 0. The molecule has 0 saturated heterocycles. The Bertz CT molecular complexity index is 378. The second-order valence-corrected chi connectivity index (χ2v) is 4.85. The molecule has 0 amide bonds. The number of likely N-dealkylation sites (N-methyl/N-ethyl adjacent to an activating group) is 1. The number of ether oxygens (including phenoxy) is 1. The predicted molar refractivity (Wildman–Crippen MR) is 77.0 cm³/mol. The van der Waals surface area contributed by atoms with Crippen molar-refractivity contribution in [1.29, 1.82) is 0 Å². The van der Waals surface area contributed by atoms with Gasteiger partial charge in [0.25, 0.3) is 0 Å². The Morgan fingerprint density at radius 2 is 1.95 bits per heavy atom. The molecule has 3 nitrogen and oxygen atoms in total. The maximum Gasteiger partial charge on any atom is 0.127 e. The molecule has 4 heteroatoms. The van der Waals surface area contributed by atoms with E-state index in [0.29, 0.717) is 18.8 Å². The minimum Gasteiger partial charge on any atom is -0.492 e. The van der Waals surface area contributed by atoms with E-state index in [4.69, 9.17) is 10.5 Å². The molecular formula is C15H25FN2O. The van der Waals surface area contributed by atoms with Gasteiger partial charge in [0.1, 0.15) is 18.2 Å². The van der Waals surface area contributed by atoms with E-state index in [1.807, 2.05) is 13.0 Å². The molecule has 0 saturated carbocycles. The molecule has 1 rings (SSSR count). The molecule has 0 aliphatic carbocycles. The van der Waals surface area contributed by atoms with Crippen LogP contribution in [0, 0.1) is 5.82 Å². The largest absolute Gasteiger partial charge is 0.492 e. The van der Waals surface area contributed by atoms with Crippen LogP contribution in [-0.4, -0.2) is 37.2 Å². The van der Waals surface area contributed by atoms with Crippen LogP contribution in [0.3, 0.4) is 0 Å². The summed E-state index contributed by atoms with van der Waals surface area (Å²) in [5.74, 6) is 0.318. The molecule has 1 unspecified atom stereocenters. The van der Waals surface area contributed by atoms with Crippen LogP contribution in [0.4, 0.5) is 4.39 Å². The first-order valence-corrected chi connectivity index (χ1v) is 6.95. The topological polar surface area (TPSA) is 38.5 Å². The molecule has 0 heterocycles. The van der Waals surface area contributed by atoms with Gasteiger partial charge in [0.15, 0.2) is 0 Å². The third-order valence-electron chi connectivity index (χ3n) is 3.06. The fraction of sp³-hybridized carbons (Fsp3) is 0.600. The van der Waals surface area contributed by atoms with Crippen LogP contribution in [-0.2, 0) is 6.42 Å². The first-order chi connectivity index (χ1) is 9.05. The van der Waals surface area contributed by atoms with Crippen LogP contribution in [0.2, 0.25) is 0 Å². The van der Waals surface area contributed by atoms with Gasteiger partial charge in [-0.1, -0.05) is 13.8 Å². The lowest BCUT2D eigenvalue weighted by Crippen LogP contribution is -2.27. The van der Waals surface area contributed by atoms with Gasteiger partial charge in [0.2, 0.25) is 0 Å². The second kappa shape index (κ2) is 8.12. The molecule has 19 heavy (non-hydrogen) atoms. The Kier molecular flexibility index (Phi) is 6.81. The zero-order valence-electron chi connectivity index (χ0n) is 12.2. The number of rotatable bonds is 8. The first-order valence-electron chi connectivity index (χ1n) is 6.95. The highest BCUT2D eigenvalue weighted by Crippen LogP contribution is 2.17. The van der Waals surface area contributed by atoms with Crippen molar-refractivity contribution in [1.82, 2.24) is 4.90 Å². The van der Waals surface area contributed by atoms with E-state index in [1.54, 1.807) is 0 Å². The van der Waals surface area contributed by atoms with Gasteiger partial charge < -0.3 is 15.4 Å². The first kappa shape index (κ1) is 15.9. The lowest BCUT2D eigenvalue weighted by atomic mass is 10.1. The maximum absolute atomic E-state index is 13.5. The number of benzene rings is 1. The van der Waals surface area contributed by atoms with Crippen LogP contribution >= 0.6 is 0 Å². The van der Waals surface area contributed by atoms with Gasteiger partial charge in [-0.2, -0.15) is 0 Å². The number of hydrogen-bond acceptors (Lipinski definition) is 3. The van der Waals surface area contributed by atoms with Crippen molar-refractivity contribution >= 4 is 0 Å². The molecule has 0 aliphatic rings. The summed E-state index contributed by atoms with van der Waals surface area (Å²) in [6.07, 6.45) is 0.657. The lowest BCUT2D eigenvalue weighted by Gasteiger charge is -2.18. The summed E-state index contributed by atoms with van der Waals surface area (Å²) in [7, 11) is 0. The fourth-order valence-corrected chi connectivity index (χ4v) is 2.03. The summed E-state index contributed by atoms with van der Waals surface area (Å²) in [6, 6.07) is 4.83. The smallest absolute Gasteiger partial charge is 0.127 e. The molecule has 1 aromatic carbocycles. The van der Waals surface area contributed by atoms with E-state index >= 15 is 0 Å². The summed E-state index contributed by atoms with van der Waals surface area (Å²) < 4.78 is 19.1. The molecule has 0 bridgehead atoms. The van der Waals surface area contributed by atoms with Crippen molar-refractivity contribution in [2.45, 2.75) is 33.2 Å². The zero-order chi connectivity index (χ0) is 14.3. The van der Waals surface area contributed by atoms with Gasteiger partial charge in [0, 0.05) is 18.7 Å². The van der Waals surface area contributed by atoms with Crippen molar-refractivity contribution in [3.63, 3.8) is 0 Å². The third-order valence-corrected chi connectivity index (χ3v) is 3.06. The van der Waals surface area contributed by atoms with Crippen LogP contribution < -0.4 is 10.5 Å². The van der Waals surface area contributed by atoms with Crippen molar-refractivity contribution in [3.8, 4) is 5.75 Å². The van der Waals surface area contributed by atoms with Crippen LogP contribution in [0.25, 0.3) is 0 Å². The molecule has 0 radical (unpaired) electrons. The highest BCUT2D eigenvalue weighted by molar-refractivity contribution is 5.30. The Morgan fingerprint density at radius 3 is 2.53 bits per heavy atom. The minimum atomic E-state index is -0.268. The Hall–Kier alpha value is -1.13. The third kappa shape index (κ3) is 6.03. The lowest BCUT2D eigenvalue weighted by molar-refractivity contribution is 0.222. The number of hydrogen-bond donors (Lipinski definition) is 1. The van der Waals surface area contributed by atoms with Gasteiger partial charge in [0.05, 0.1) is 0 Å². The summed E-state index contributed by atoms with van der Waals surface area (Å²) in [6.45, 7) is 9.57. The fourth-order valence-electron chi connectivity index (χ4n) is 2.03. The standard InChI is InChI=1S/C15H25FN2O/c1-4-18(5-2)6-7-19-15-10-13(8-12(3)17)9-14(16)11-15/h9-12H,4-8,17H2,1-3H3. The van der Waals surface area contributed by atoms with E-state index < -0.39 is 0 Å². The van der Waals surface area contributed by atoms with Crippen LogP contribution in [0.5, 0.6) is 5.75 Å². The predicted octanol–water partition coefficient (Wildman–Crippen LogP) is 2.44. The van der Waals surface area contributed by atoms with E-state index in [1.165, 1.54) is 12.1 Å². The van der Waals surface area contributed by atoms with Gasteiger partial charge in [-0.25, -0.2) is 4.39 Å². The van der Waals surface area contributed by atoms with Gasteiger partial charge >= 0.3 is 0 Å². The van der Waals surface area contributed by atoms with Crippen LogP contribution in [0.1, 0.15) is 26.3 Å². The molecule has 108 valence electrons. The molecule has 0 fully saturated rings. The highest BCUT2D eigenvalue weighted by atomic mass is 19.1. The quantitative estimate of drug-likeness (QED) is 0.787. The van der Waals surface area contributed by atoms with Crippen LogP contribution in [0.15, 0.2) is 18.2 Å². The van der Waals surface area contributed by atoms with Crippen molar-refractivity contribution in [2.24, 2.45) is 5.73 Å². The normalized spacial score (nSPS) is 12.7. The van der Waals surface area contributed by atoms with Crippen molar-refractivity contribution < 1.29 is 9.13 Å².